The Hall–Kier alpha value is -2.69. The molecular formula is C23H29FN6O2S. The molecule has 8 nitrogen and oxygen atoms in total. The van der Waals surface area contributed by atoms with Crippen LogP contribution in [0.15, 0.2) is 47.5 Å². The number of nitrogens with zero attached hydrogens (tertiary/aromatic N) is 4. The quantitative estimate of drug-likeness (QED) is 0.594. The maximum Gasteiger partial charge on any atom is 0.243 e. The van der Waals surface area contributed by atoms with Crippen LogP contribution in [0.25, 0.3) is 10.9 Å². The monoisotopic (exact) mass is 472 g/mol. The van der Waals surface area contributed by atoms with Gasteiger partial charge in [-0.3, -0.25) is 5.10 Å². The van der Waals surface area contributed by atoms with E-state index in [2.05, 4.69) is 26.5 Å². The smallest absolute Gasteiger partial charge is 0.243 e. The summed E-state index contributed by atoms with van der Waals surface area (Å²) in [4.78, 5) is 4.11. The molecule has 2 aliphatic rings. The number of benzene rings is 2. The predicted molar refractivity (Wildman–Crippen MR) is 128 cm³/mol. The van der Waals surface area contributed by atoms with Gasteiger partial charge in [0.05, 0.1) is 22.3 Å². The summed E-state index contributed by atoms with van der Waals surface area (Å²) < 4.78 is 42.5. The van der Waals surface area contributed by atoms with Crippen molar-refractivity contribution in [3.8, 4) is 0 Å². The topological polar surface area (TPSA) is 84.6 Å². The Kier molecular flexibility index (Phi) is 5.98. The number of halogens is 1. The van der Waals surface area contributed by atoms with Crippen LogP contribution in [0.1, 0.15) is 12.8 Å². The zero-order valence-electron chi connectivity index (χ0n) is 18.7. The maximum atomic E-state index is 15.1. The van der Waals surface area contributed by atoms with Gasteiger partial charge in [-0.15, -0.1) is 0 Å². The minimum absolute atomic E-state index is 0.0217. The third-order valence-corrected chi connectivity index (χ3v) is 8.49. The first-order valence-corrected chi connectivity index (χ1v) is 12.8. The molecule has 0 radical (unpaired) electrons. The van der Waals surface area contributed by atoms with Gasteiger partial charge >= 0.3 is 0 Å². The molecule has 2 saturated heterocycles. The molecule has 10 heteroatoms. The van der Waals surface area contributed by atoms with Crippen LogP contribution in [0.5, 0.6) is 0 Å². The summed E-state index contributed by atoms with van der Waals surface area (Å²) in [5, 5.41) is 11.6. The minimum Gasteiger partial charge on any atom is -0.381 e. The Bertz CT molecular complexity index is 1240. The van der Waals surface area contributed by atoms with E-state index < -0.39 is 15.8 Å². The number of aromatic amines is 1. The van der Waals surface area contributed by atoms with E-state index in [0.717, 1.165) is 36.0 Å². The van der Waals surface area contributed by atoms with E-state index in [1.54, 1.807) is 12.3 Å². The van der Waals surface area contributed by atoms with Crippen molar-refractivity contribution >= 4 is 32.3 Å². The lowest BCUT2D eigenvalue weighted by Gasteiger charge is -2.35. The van der Waals surface area contributed by atoms with E-state index in [0.29, 0.717) is 38.4 Å². The highest BCUT2D eigenvalue weighted by Gasteiger charge is 2.29. The molecule has 0 spiro atoms. The molecule has 3 heterocycles. The molecule has 2 fully saturated rings. The summed E-state index contributed by atoms with van der Waals surface area (Å²) in [7, 11) is -1.72. The van der Waals surface area contributed by atoms with Crippen molar-refractivity contribution in [1.82, 2.24) is 19.4 Å². The Morgan fingerprint density at radius 1 is 1.09 bits per heavy atom. The largest absolute Gasteiger partial charge is 0.381 e. The van der Waals surface area contributed by atoms with E-state index in [-0.39, 0.29) is 10.9 Å². The number of hydrogen-bond acceptors (Lipinski definition) is 6. The number of H-pyrrole nitrogens is 1. The van der Waals surface area contributed by atoms with E-state index in [1.165, 1.54) is 16.4 Å². The van der Waals surface area contributed by atoms with Gasteiger partial charge in [0.15, 0.2) is 0 Å². The molecule has 1 atom stereocenters. The lowest BCUT2D eigenvalue weighted by Crippen LogP contribution is -2.47. The highest BCUT2D eigenvalue weighted by molar-refractivity contribution is 7.89. The number of nitrogens with one attached hydrogen (secondary N) is 2. The van der Waals surface area contributed by atoms with E-state index >= 15 is 4.39 Å². The minimum atomic E-state index is -3.69. The van der Waals surface area contributed by atoms with Gasteiger partial charge in [0.25, 0.3) is 0 Å². The zero-order valence-corrected chi connectivity index (χ0v) is 19.5. The summed E-state index contributed by atoms with van der Waals surface area (Å²) in [6.45, 7) is 3.58. The molecule has 1 unspecified atom stereocenters. The van der Waals surface area contributed by atoms with Gasteiger partial charge in [-0.05, 0) is 56.3 Å². The molecule has 2 N–H and O–H groups in total. The van der Waals surface area contributed by atoms with Gasteiger partial charge in [-0.1, -0.05) is 0 Å². The summed E-state index contributed by atoms with van der Waals surface area (Å²) in [6.07, 6.45) is 3.70. The molecule has 2 aromatic carbocycles. The highest BCUT2D eigenvalue weighted by Crippen LogP contribution is 2.28. The van der Waals surface area contributed by atoms with Crippen molar-refractivity contribution in [1.29, 1.82) is 0 Å². The van der Waals surface area contributed by atoms with Crippen LogP contribution in [0.4, 0.5) is 15.8 Å². The average molecular weight is 473 g/mol. The number of piperazine rings is 1. The van der Waals surface area contributed by atoms with Crippen molar-refractivity contribution in [2.75, 3.05) is 56.5 Å². The van der Waals surface area contributed by atoms with E-state index in [4.69, 9.17) is 0 Å². The van der Waals surface area contributed by atoms with Gasteiger partial charge < -0.3 is 15.1 Å². The van der Waals surface area contributed by atoms with Crippen molar-refractivity contribution in [3.63, 3.8) is 0 Å². The second kappa shape index (κ2) is 8.92. The van der Waals surface area contributed by atoms with Gasteiger partial charge in [-0.25, -0.2) is 12.8 Å². The fourth-order valence-corrected chi connectivity index (χ4v) is 6.10. The van der Waals surface area contributed by atoms with Gasteiger partial charge in [-0.2, -0.15) is 9.40 Å². The van der Waals surface area contributed by atoms with Crippen molar-refractivity contribution in [2.45, 2.75) is 23.8 Å². The first kappa shape index (κ1) is 22.1. The third kappa shape index (κ3) is 4.55. The molecule has 2 aliphatic heterocycles. The summed E-state index contributed by atoms with van der Waals surface area (Å²) >= 11 is 0. The molecule has 0 aliphatic carbocycles. The number of fused-ring (bicyclic) bond motifs is 1. The number of aromatic nitrogens is 2. The number of sulfonamides is 1. The number of piperidine rings is 1. The molecule has 33 heavy (non-hydrogen) atoms. The normalized spacial score (nSPS) is 20.9. The lowest BCUT2D eigenvalue weighted by atomic mass is 10.0. The Balaban J connectivity index is 1.29. The Morgan fingerprint density at radius 2 is 1.91 bits per heavy atom. The van der Waals surface area contributed by atoms with E-state index in [1.807, 2.05) is 24.1 Å². The molecule has 3 aromatic rings. The number of anilines is 2. The van der Waals surface area contributed by atoms with Crippen LogP contribution in [0.3, 0.4) is 0 Å². The molecule has 0 amide bonds. The van der Waals surface area contributed by atoms with Gasteiger partial charge in [0, 0.05) is 56.4 Å². The van der Waals surface area contributed by atoms with E-state index in [9.17, 15) is 8.42 Å². The van der Waals surface area contributed by atoms with Crippen LogP contribution in [-0.4, -0.2) is 80.2 Å². The third-order valence-electron chi connectivity index (χ3n) is 6.59. The fraction of sp³-hybridized carbons (Fsp3) is 0.435. The van der Waals surface area contributed by atoms with Gasteiger partial charge in [0.1, 0.15) is 5.82 Å². The maximum absolute atomic E-state index is 15.1. The van der Waals surface area contributed by atoms with Crippen molar-refractivity contribution in [2.24, 2.45) is 0 Å². The fourth-order valence-electron chi connectivity index (χ4n) is 4.66. The number of likely N-dealkylation sites (N-methyl/N-ethyl adjacent to an activating group) is 1. The molecule has 1 aromatic heterocycles. The second-order valence-corrected chi connectivity index (χ2v) is 10.9. The number of rotatable bonds is 5. The van der Waals surface area contributed by atoms with Crippen LogP contribution < -0.4 is 10.2 Å². The molecule has 176 valence electrons. The Labute approximate surface area is 193 Å². The highest BCUT2D eigenvalue weighted by atomic mass is 32.2. The first-order valence-electron chi connectivity index (χ1n) is 11.3. The van der Waals surface area contributed by atoms with Crippen molar-refractivity contribution in [3.05, 3.63) is 48.4 Å². The lowest BCUT2D eigenvalue weighted by molar-refractivity contribution is 0.222. The number of hydrogen-bond donors (Lipinski definition) is 2. The molecule has 0 saturated carbocycles. The zero-order chi connectivity index (χ0) is 23.0. The van der Waals surface area contributed by atoms with Crippen LogP contribution in [0, 0.1) is 5.82 Å². The van der Waals surface area contributed by atoms with Gasteiger partial charge in [0.2, 0.25) is 10.0 Å². The Morgan fingerprint density at radius 3 is 2.70 bits per heavy atom. The summed E-state index contributed by atoms with van der Waals surface area (Å²) in [5.41, 5.74) is 2.44. The average Bonchev–Trinajstić information content (AvgIpc) is 3.27. The van der Waals surface area contributed by atoms with Crippen molar-refractivity contribution < 1.29 is 12.8 Å². The van der Waals surface area contributed by atoms with Crippen LogP contribution in [0.2, 0.25) is 0 Å². The SMILES string of the molecule is CN1CCN(S(=O)(=O)c2ccc(N3CCCC(Nc4ccc5[nH]ncc5c4)C3)c(F)c2)CC1. The second-order valence-electron chi connectivity index (χ2n) is 8.92. The molecule has 5 rings (SSSR count). The standard InChI is InChI=1S/C23H29FN6O2S/c1-28-9-11-30(12-10-28)33(31,32)20-5-7-23(21(24)14-20)29-8-2-3-19(16-29)26-18-4-6-22-17(13-18)15-25-27-22/h4-7,13-15,19,26H,2-3,8-12,16H2,1H3,(H,25,27). The van der Waals surface area contributed by atoms with Crippen LogP contribution in [-0.2, 0) is 10.0 Å². The molecule has 0 bridgehead atoms. The van der Waals surface area contributed by atoms with Crippen LogP contribution >= 0.6 is 0 Å². The predicted octanol–water partition coefficient (Wildman–Crippen LogP) is 2.72. The first-order chi connectivity index (χ1) is 15.9. The summed E-state index contributed by atoms with van der Waals surface area (Å²) in [6, 6.07) is 10.5. The summed E-state index contributed by atoms with van der Waals surface area (Å²) in [5.74, 6) is -0.495. The molecular weight excluding hydrogens is 443 g/mol.